The van der Waals surface area contributed by atoms with Crippen molar-refractivity contribution in [2.45, 2.75) is 24.9 Å². The minimum absolute atomic E-state index is 0.112. The van der Waals surface area contributed by atoms with Crippen molar-refractivity contribution in [2.24, 2.45) is 0 Å². The summed E-state index contributed by atoms with van der Waals surface area (Å²) >= 11 is 0. The Morgan fingerprint density at radius 3 is 2.18 bits per heavy atom. The molecule has 1 N–H and O–H groups in total. The number of nitrogens with one attached hydrogen (secondary N) is 1. The lowest BCUT2D eigenvalue weighted by Crippen LogP contribution is -2.20. The molecule has 0 atom stereocenters. The van der Waals surface area contributed by atoms with Crippen LogP contribution in [0.4, 0.5) is 18.9 Å². The standard InChI is InChI=1S/C18H20F3NO5S/c1-3-25-16-10-9-13(11-17(16)26-4-2)28(23,24)22-14-7-5-6-8-15(14)27-12-18(19,20)21/h5-11,22H,3-4,12H2,1-2H3. The predicted octanol–water partition coefficient (Wildman–Crippen LogP) is 4.23. The molecule has 0 aromatic heterocycles. The first kappa shape index (κ1) is 21.7. The summed E-state index contributed by atoms with van der Waals surface area (Å²) in [5.41, 5.74) is -0.112. The number of para-hydroxylation sites is 2. The van der Waals surface area contributed by atoms with Crippen LogP contribution in [0.1, 0.15) is 13.8 Å². The van der Waals surface area contributed by atoms with E-state index in [0.29, 0.717) is 19.0 Å². The number of sulfonamides is 1. The van der Waals surface area contributed by atoms with Gasteiger partial charge in [-0.1, -0.05) is 12.1 Å². The molecule has 0 aliphatic rings. The molecule has 0 spiro atoms. The number of alkyl halides is 3. The minimum Gasteiger partial charge on any atom is -0.490 e. The number of ether oxygens (including phenoxy) is 3. The molecule has 154 valence electrons. The highest BCUT2D eigenvalue weighted by molar-refractivity contribution is 7.92. The monoisotopic (exact) mass is 419 g/mol. The molecule has 0 amide bonds. The van der Waals surface area contributed by atoms with E-state index >= 15 is 0 Å². The maximum atomic E-state index is 12.7. The van der Waals surface area contributed by atoms with Gasteiger partial charge in [0.2, 0.25) is 0 Å². The molecule has 0 saturated heterocycles. The summed E-state index contributed by atoms with van der Waals surface area (Å²) in [5, 5.41) is 0. The third-order valence-electron chi connectivity index (χ3n) is 3.35. The molecule has 0 heterocycles. The SMILES string of the molecule is CCOc1ccc(S(=O)(=O)Nc2ccccc2OCC(F)(F)F)cc1OCC. The molecule has 2 rings (SSSR count). The van der Waals surface area contributed by atoms with Crippen LogP contribution >= 0.6 is 0 Å². The van der Waals surface area contributed by atoms with Crippen molar-refractivity contribution < 1.29 is 35.8 Å². The van der Waals surface area contributed by atoms with Crippen LogP contribution in [0.15, 0.2) is 47.4 Å². The molecule has 0 aliphatic carbocycles. The topological polar surface area (TPSA) is 73.9 Å². The van der Waals surface area contributed by atoms with Crippen LogP contribution in [0.3, 0.4) is 0 Å². The fourth-order valence-corrected chi connectivity index (χ4v) is 3.32. The molecule has 10 heteroatoms. The van der Waals surface area contributed by atoms with Crippen LogP contribution in [0.2, 0.25) is 0 Å². The number of hydrogen-bond acceptors (Lipinski definition) is 5. The molecule has 0 aliphatic heterocycles. The van der Waals surface area contributed by atoms with E-state index in [-0.39, 0.29) is 22.1 Å². The van der Waals surface area contributed by atoms with Crippen LogP contribution in [-0.4, -0.2) is 34.4 Å². The summed E-state index contributed by atoms with van der Waals surface area (Å²) in [5.74, 6) is 0.394. The zero-order valence-corrected chi connectivity index (χ0v) is 16.1. The van der Waals surface area contributed by atoms with Gasteiger partial charge in [0, 0.05) is 6.07 Å². The Morgan fingerprint density at radius 1 is 0.893 bits per heavy atom. The van der Waals surface area contributed by atoms with Crippen molar-refractivity contribution in [3.8, 4) is 17.2 Å². The van der Waals surface area contributed by atoms with Crippen molar-refractivity contribution in [3.05, 3.63) is 42.5 Å². The van der Waals surface area contributed by atoms with Crippen LogP contribution in [-0.2, 0) is 10.0 Å². The van der Waals surface area contributed by atoms with Gasteiger partial charge < -0.3 is 14.2 Å². The zero-order chi connectivity index (χ0) is 20.8. The van der Waals surface area contributed by atoms with Gasteiger partial charge in [-0.2, -0.15) is 13.2 Å². The first-order valence-corrected chi connectivity index (χ1v) is 9.85. The molecule has 28 heavy (non-hydrogen) atoms. The Hall–Kier alpha value is -2.62. The van der Waals surface area contributed by atoms with E-state index in [1.54, 1.807) is 13.8 Å². The first-order chi connectivity index (χ1) is 13.2. The van der Waals surface area contributed by atoms with Gasteiger partial charge in [0.25, 0.3) is 10.0 Å². The summed E-state index contributed by atoms with van der Waals surface area (Å²) in [6.07, 6.45) is -4.55. The van der Waals surface area contributed by atoms with E-state index in [1.807, 2.05) is 0 Å². The molecule has 2 aromatic carbocycles. The Bertz CT molecular complexity index is 900. The van der Waals surface area contributed by atoms with E-state index in [1.165, 1.54) is 42.5 Å². The van der Waals surface area contributed by atoms with Gasteiger partial charge >= 0.3 is 6.18 Å². The number of halogens is 3. The van der Waals surface area contributed by atoms with Crippen molar-refractivity contribution in [1.82, 2.24) is 0 Å². The van der Waals surface area contributed by atoms with E-state index in [9.17, 15) is 21.6 Å². The normalized spacial score (nSPS) is 11.8. The zero-order valence-electron chi connectivity index (χ0n) is 15.2. The van der Waals surface area contributed by atoms with Gasteiger partial charge in [-0.15, -0.1) is 0 Å². The summed E-state index contributed by atoms with van der Waals surface area (Å²) in [7, 11) is -4.11. The highest BCUT2D eigenvalue weighted by Crippen LogP contribution is 2.33. The van der Waals surface area contributed by atoms with Gasteiger partial charge in [0.15, 0.2) is 18.1 Å². The van der Waals surface area contributed by atoms with E-state index in [0.717, 1.165) is 0 Å². The Labute approximate surface area is 161 Å². The Kier molecular flexibility index (Phi) is 7.00. The highest BCUT2D eigenvalue weighted by Gasteiger charge is 2.29. The number of hydrogen-bond donors (Lipinski definition) is 1. The molecule has 0 saturated carbocycles. The maximum Gasteiger partial charge on any atom is 0.422 e. The molecule has 0 radical (unpaired) electrons. The quantitative estimate of drug-likeness (QED) is 0.659. The van der Waals surface area contributed by atoms with Gasteiger partial charge in [0.05, 0.1) is 23.8 Å². The lowest BCUT2D eigenvalue weighted by molar-refractivity contribution is -0.153. The van der Waals surface area contributed by atoms with Crippen molar-refractivity contribution in [3.63, 3.8) is 0 Å². The molecule has 0 fully saturated rings. The van der Waals surface area contributed by atoms with Crippen LogP contribution < -0.4 is 18.9 Å². The van der Waals surface area contributed by atoms with E-state index in [4.69, 9.17) is 14.2 Å². The van der Waals surface area contributed by atoms with Crippen LogP contribution in [0.5, 0.6) is 17.2 Å². The second-order valence-corrected chi connectivity index (χ2v) is 7.16. The second kappa shape index (κ2) is 9.05. The van der Waals surface area contributed by atoms with E-state index < -0.39 is 22.8 Å². The van der Waals surface area contributed by atoms with E-state index in [2.05, 4.69) is 4.72 Å². The first-order valence-electron chi connectivity index (χ1n) is 8.37. The number of rotatable bonds is 9. The molecule has 0 unspecified atom stereocenters. The fraction of sp³-hybridized carbons (Fsp3) is 0.333. The van der Waals surface area contributed by atoms with Crippen molar-refractivity contribution >= 4 is 15.7 Å². The fourth-order valence-electron chi connectivity index (χ4n) is 2.24. The average Bonchev–Trinajstić information content (AvgIpc) is 2.62. The molecule has 2 aromatic rings. The summed E-state index contributed by atoms with van der Waals surface area (Å²) in [6, 6.07) is 9.52. The summed E-state index contributed by atoms with van der Waals surface area (Å²) in [4.78, 5) is -0.134. The molecule has 6 nitrogen and oxygen atoms in total. The van der Waals surface area contributed by atoms with Crippen molar-refractivity contribution in [2.75, 3.05) is 24.5 Å². The van der Waals surface area contributed by atoms with Gasteiger partial charge in [-0.05, 0) is 38.1 Å². The Morgan fingerprint density at radius 2 is 1.54 bits per heavy atom. The summed E-state index contributed by atoms with van der Waals surface area (Å²) < 4.78 is 80.3. The maximum absolute atomic E-state index is 12.7. The predicted molar refractivity (Wildman–Crippen MR) is 97.6 cm³/mol. The lowest BCUT2D eigenvalue weighted by Gasteiger charge is -2.16. The average molecular weight is 419 g/mol. The third kappa shape index (κ3) is 5.95. The second-order valence-electron chi connectivity index (χ2n) is 5.48. The Balaban J connectivity index is 2.30. The third-order valence-corrected chi connectivity index (χ3v) is 4.71. The van der Waals surface area contributed by atoms with Crippen LogP contribution in [0, 0.1) is 0 Å². The highest BCUT2D eigenvalue weighted by atomic mass is 32.2. The number of benzene rings is 2. The smallest absolute Gasteiger partial charge is 0.422 e. The number of anilines is 1. The molecular weight excluding hydrogens is 399 g/mol. The van der Waals surface area contributed by atoms with Gasteiger partial charge in [-0.25, -0.2) is 8.42 Å². The molecule has 0 bridgehead atoms. The molecular formula is C18H20F3NO5S. The lowest BCUT2D eigenvalue weighted by atomic mass is 10.3. The van der Waals surface area contributed by atoms with Gasteiger partial charge in [-0.3, -0.25) is 4.72 Å². The van der Waals surface area contributed by atoms with Gasteiger partial charge in [0.1, 0.15) is 5.75 Å². The van der Waals surface area contributed by atoms with Crippen LogP contribution in [0.25, 0.3) is 0 Å². The minimum atomic E-state index is -4.55. The van der Waals surface area contributed by atoms with Crippen molar-refractivity contribution in [1.29, 1.82) is 0 Å². The largest absolute Gasteiger partial charge is 0.490 e. The summed E-state index contributed by atoms with van der Waals surface area (Å²) in [6.45, 7) is 2.64.